The Labute approximate surface area is 205 Å². The van der Waals surface area contributed by atoms with Crippen LogP contribution in [-0.2, 0) is 17.7 Å². The Morgan fingerprint density at radius 3 is 2.74 bits per heavy atom. The van der Waals surface area contributed by atoms with Crippen molar-refractivity contribution in [2.24, 2.45) is 0 Å². The van der Waals surface area contributed by atoms with Crippen LogP contribution < -0.4 is 4.90 Å². The number of piperidine rings is 1. The lowest BCUT2D eigenvalue weighted by atomic mass is 9.95. The highest BCUT2D eigenvalue weighted by molar-refractivity contribution is 5.99. The zero-order valence-corrected chi connectivity index (χ0v) is 20.6. The van der Waals surface area contributed by atoms with Gasteiger partial charge in [-0.3, -0.25) is 9.59 Å². The average molecular weight is 481 g/mol. The first-order valence-electron chi connectivity index (χ1n) is 12.6. The van der Waals surface area contributed by atoms with E-state index in [0.29, 0.717) is 57.8 Å². The van der Waals surface area contributed by atoms with Crippen LogP contribution in [0, 0.1) is 0 Å². The number of alkyl halides is 1. The van der Waals surface area contributed by atoms with Crippen molar-refractivity contribution in [3.05, 3.63) is 52.7 Å². The standard InChI is InChI=1S/C27H33FN4O3/c1-3-35-14-13-31-18-21-16-22(6-7-23(21)26(31)34)32-10-4-5-19-15-20(17-29-24(19)32)25(33)30-11-8-27(2,28)9-12-30/h6-7,15-17H,3-5,8-14,18H2,1-2H3. The number of anilines is 2. The molecular weight excluding hydrogens is 447 g/mol. The third-order valence-electron chi connectivity index (χ3n) is 7.36. The van der Waals surface area contributed by atoms with Crippen LogP contribution in [0.1, 0.15) is 65.0 Å². The van der Waals surface area contributed by atoms with Crippen LogP contribution >= 0.6 is 0 Å². The summed E-state index contributed by atoms with van der Waals surface area (Å²) in [7, 11) is 0. The lowest BCUT2D eigenvalue weighted by molar-refractivity contribution is 0.0503. The van der Waals surface area contributed by atoms with Crippen molar-refractivity contribution >= 4 is 23.3 Å². The van der Waals surface area contributed by atoms with Crippen LogP contribution in [0.3, 0.4) is 0 Å². The number of carbonyl (C=O) groups is 2. The number of carbonyl (C=O) groups excluding carboxylic acids is 2. The minimum absolute atomic E-state index is 0.0531. The summed E-state index contributed by atoms with van der Waals surface area (Å²) < 4.78 is 19.6. The molecule has 0 aliphatic carbocycles. The molecule has 1 aromatic carbocycles. The maximum Gasteiger partial charge on any atom is 0.255 e. The number of aryl methyl sites for hydroxylation is 1. The van der Waals surface area contributed by atoms with Gasteiger partial charge in [-0.1, -0.05) is 0 Å². The smallest absolute Gasteiger partial charge is 0.255 e. The van der Waals surface area contributed by atoms with E-state index < -0.39 is 5.67 Å². The van der Waals surface area contributed by atoms with E-state index in [1.165, 1.54) is 0 Å². The first-order valence-corrected chi connectivity index (χ1v) is 12.6. The third kappa shape index (κ3) is 4.76. The molecule has 0 spiro atoms. The fourth-order valence-corrected chi connectivity index (χ4v) is 5.23. The number of pyridine rings is 1. The Morgan fingerprint density at radius 2 is 1.97 bits per heavy atom. The Morgan fingerprint density at radius 1 is 1.17 bits per heavy atom. The Kier molecular flexibility index (Phi) is 6.49. The number of hydrogen-bond donors (Lipinski definition) is 0. The van der Waals surface area contributed by atoms with Crippen molar-refractivity contribution < 1.29 is 18.7 Å². The highest BCUT2D eigenvalue weighted by Gasteiger charge is 2.33. The van der Waals surface area contributed by atoms with Crippen LogP contribution in [-0.4, -0.2) is 71.7 Å². The van der Waals surface area contributed by atoms with Crippen molar-refractivity contribution in [3.8, 4) is 0 Å². The lowest BCUT2D eigenvalue weighted by Crippen LogP contribution is -2.43. The second-order valence-electron chi connectivity index (χ2n) is 9.93. The van der Waals surface area contributed by atoms with E-state index in [9.17, 15) is 14.0 Å². The molecule has 4 heterocycles. The summed E-state index contributed by atoms with van der Waals surface area (Å²) in [5.41, 5.74) is 3.21. The van der Waals surface area contributed by atoms with E-state index in [4.69, 9.17) is 9.72 Å². The average Bonchev–Trinajstić information content (AvgIpc) is 3.17. The number of amides is 2. The third-order valence-corrected chi connectivity index (χ3v) is 7.36. The molecule has 0 saturated carbocycles. The number of halogens is 1. The number of benzene rings is 1. The molecule has 2 amide bonds. The van der Waals surface area contributed by atoms with Gasteiger partial charge in [-0.25, -0.2) is 9.37 Å². The summed E-state index contributed by atoms with van der Waals surface area (Å²) in [6, 6.07) is 7.94. The SMILES string of the molecule is CCOCCN1Cc2cc(N3CCCc4cc(C(=O)N5CCC(C)(F)CC5)cnc43)ccc2C1=O. The van der Waals surface area contributed by atoms with Crippen LogP contribution in [0.25, 0.3) is 0 Å². The zero-order valence-electron chi connectivity index (χ0n) is 20.6. The number of nitrogens with zero attached hydrogens (tertiary/aromatic N) is 4. The van der Waals surface area contributed by atoms with Gasteiger partial charge in [-0.2, -0.15) is 0 Å². The molecule has 1 saturated heterocycles. The molecule has 0 atom stereocenters. The molecule has 35 heavy (non-hydrogen) atoms. The molecule has 0 bridgehead atoms. The molecule has 2 aromatic rings. The van der Waals surface area contributed by atoms with Gasteiger partial charge in [0.1, 0.15) is 11.5 Å². The zero-order chi connectivity index (χ0) is 24.6. The van der Waals surface area contributed by atoms with Gasteiger partial charge in [-0.05, 0) is 74.9 Å². The van der Waals surface area contributed by atoms with Crippen LogP contribution in [0.4, 0.5) is 15.9 Å². The summed E-state index contributed by atoms with van der Waals surface area (Å²) in [6.45, 7) is 7.61. The number of likely N-dealkylation sites (tertiary alicyclic amines) is 1. The Balaban J connectivity index is 1.33. The quantitative estimate of drug-likeness (QED) is 0.582. The molecule has 1 aromatic heterocycles. The fraction of sp³-hybridized carbons (Fsp3) is 0.519. The van der Waals surface area contributed by atoms with Crippen molar-refractivity contribution in [2.75, 3.05) is 44.3 Å². The predicted molar refractivity (Wildman–Crippen MR) is 132 cm³/mol. The summed E-state index contributed by atoms with van der Waals surface area (Å²) in [5, 5.41) is 0. The Bertz CT molecular complexity index is 1130. The number of rotatable bonds is 6. The van der Waals surface area contributed by atoms with Crippen molar-refractivity contribution in [2.45, 2.75) is 51.7 Å². The topological polar surface area (TPSA) is 66.0 Å². The normalized spacial score (nSPS) is 19.1. The van der Waals surface area contributed by atoms with Gasteiger partial charge in [-0.15, -0.1) is 0 Å². The molecule has 0 radical (unpaired) electrons. The monoisotopic (exact) mass is 480 g/mol. The molecular formula is C27H33FN4O3. The van der Waals surface area contributed by atoms with Crippen LogP contribution in [0.15, 0.2) is 30.5 Å². The number of fused-ring (bicyclic) bond motifs is 2. The van der Waals surface area contributed by atoms with Gasteiger partial charge in [0.15, 0.2) is 0 Å². The summed E-state index contributed by atoms with van der Waals surface area (Å²) >= 11 is 0. The first-order chi connectivity index (χ1) is 16.9. The van der Waals surface area contributed by atoms with E-state index in [2.05, 4.69) is 11.0 Å². The minimum atomic E-state index is -1.19. The van der Waals surface area contributed by atoms with Gasteiger partial charge in [0.25, 0.3) is 11.8 Å². The van der Waals surface area contributed by atoms with Crippen molar-refractivity contribution in [1.82, 2.24) is 14.8 Å². The lowest BCUT2D eigenvalue weighted by Gasteiger charge is -2.34. The first kappa shape index (κ1) is 23.7. The molecule has 7 nitrogen and oxygen atoms in total. The Hall–Kier alpha value is -3.00. The van der Waals surface area contributed by atoms with Crippen molar-refractivity contribution in [3.63, 3.8) is 0 Å². The summed E-state index contributed by atoms with van der Waals surface area (Å²) in [5.74, 6) is 0.841. The van der Waals surface area contributed by atoms with E-state index in [1.54, 1.807) is 18.0 Å². The molecule has 1 fully saturated rings. The number of ether oxygens (including phenoxy) is 1. The van der Waals surface area contributed by atoms with Crippen LogP contribution in [0.5, 0.6) is 0 Å². The van der Waals surface area contributed by atoms with Gasteiger partial charge in [0, 0.05) is 56.8 Å². The number of aromatic nitrogens is 1. The van der Waals surface area contributed by atoms with E-state index in [0.717, 1.165) is 47.6 Å². The molecule has 8 heteroatoms. The molecule has 3 aliphatic heterocycles. The highest BCUT2D eigenvalue weighted by atomic mass is 19.1. The van der Waals surface area contributed by atoms with Crippen LogP contribution in [0.2, 0.25) is 0 Å². The maximum absolute atomic E-state index is 14.2. The summed E-state index contributed by atoms with van der Waals surface area (Å²) in [6.07, 6.45) is 4.20. The van der Waals surface area contributed by atoms with Gasteiger partial charge in [0.05, 0.1) is 12.2 Å². The molecule has 0 unspecified atom stereocenters. The predicted octanol–water partition coefficient (Wildman–Crippen LogP) is 4.12. The summed E-state index contributed by atoms with van der Waals surface area (Å²) in [4.78, 5) is 36.2. The molecule has 0 N–H and O–H groups in total. The molecule has 5 rings (SSSR count). The second-order valence-corrected chi connectivity index (χ2v) is 9.93. The maximum atomic E-state index is 14.2. The highest BCUT2D eigenvalue weighted by Crippen LogP contribution is 2.35. The second kappa shape index (κ2) is 9.57. The number of hydrogen-bond acceptors (Lipinski definition) is 5. The molecule has 3 aliphatic rings. The van der Waals surface area contributed by atoms with E-state index in [-0.39, 0.29) is 11.8 Å². The van der Waals surface area contributed by atoms with Gasteiger partial charge >= 0.3 is 0 Å². The largest absolute Gasteiger partial charge is 0.380 e. The van der Waals surface area contributed by atoms with Gasteiger partial charge < -0.3 is 19.4 Å². The fourth-order valence-electron chi connectivity index (χ4n) is 5.23. The van der Waals surface area contributed by atoms with Gasteiger partial charge in [0.2, 0.25) is 0 Å². The molecule has 186 valence electrons. The van der Waals surface area contributed by atoms with E-state index in [1.807, 2.05) is 30.0 Å². The van der Waals surface area contributed by atoms with E-state index >= 15 is 0 Å². The van der Waals surface area contributed by atoms with Crippen molar-refractivity contribution in [1.29, 1.82) is 0 Å². The minimum Gasteiger partial charge on any atom is -0.380 e.